The van der Waals surface area contributed by atoms with Crippen LogP contribution in [0.4, 0.5) is 0 Å². The van der Waals surface area contributed by atoms with E-state index in [9.17, 15) is 0 Å². The predicted octanol–water partition coefficient (Wildman–Crippen LogP) is 3.10. The lowest BCUT2D eigenvalue weighted by Gasteiger charge is -2.19. The van der Waals surface area contributed by atoms with Gasteiger partial charge in [-0.05, 0) is 47.7 Å². The molecule has 0 fully saturated rings. The fourth-order valence-electron chi connectivity index (χ4n) is 2.53. The van der Waals surface area contributed by atoms with Crippen molar-refractivity contribution < 1.29 is 9.47 Å². The molecule has 0 N–H and O–H groups in total. The molecule has 3 aromatic rings. The Morgan fingerprint density at radius 3 is 2.81 bits per heavy atom. The molecular formula is C15H12IN3O2. The molecule has 0 bridgehead atoms. The molecule has 3 heterocycles. The molecule has 106 valence electrons. The number of hydrogen-bond acceptors (Lipinski definition) is 4. The van der Waals surface area contributed by atoms with E-state index in [0.717, 1.165) is 37.7 Å². The quantitative estimate of drug-likeness (QED) is 0.597. The number of halogens is 1. The van der Waals surface area contributed by atoms with Crippen LogP contribution in [-0.4, -0.2) is 27.7 Å². The molecular weight excluding hydrogens is 381 g/mol. The Bertz CT molecular complexity index is 844. The van der Waals surface area contributed by atoms with E-state index in [-0.39, 0.29) is 0 Å². The largest absolute Gasteiger partial charge is 0.486 e. The number of ether oxygens (including phenoxy) is 2. The third-order valence-corrected chi connectivity index (χ3v) is 4.01. The van der Waals surface area contributed by atoms with Gasteiger partial charge < -0.3 is 9.47 Å². The number of imidazole rings is 1. The fourth-order valence-corrected chi connectivity index (χ4v) is 2.97. The van der Waals surface area contributed by atoms with Gasteiger partial charge in [-0.3, -0.25) is 4.57 Å². The van der Waals surface area contributed by atoms with Gasteiger partial charge in [-0.1, -0.05) is 0 Å². The third kappa shape index (κ3) is 2.14. The van der Waals surface area contributed by atoms with Crippen molar-refractivity contribution >= 4 is 33.8 Å². The highest BCUT2D eigenvalue weighted by Crippen LogP contribution is 2.33. The monoisotopic (exact) mass is 393 g/mol. The lowest BCUT2D eigenvalue weighted by molar-refractivity contribution is 0.171. The van der Waals surface area contributed by atoms with Crippen LogP contribution in [0, 0.1) is 10.5 Å². The first kappa shape index (κ1) is 12.9. The molecule has 0 saturated carbocycles. The van der Waals surface area contributed by atoms with Crippen LogP contribution in [0.15, 0.2) is 30.5 Å². The summed E-state index contributed by atoms with van der Waals surface area (Å²) in [6.07, 6.45) is 1.85. The number of rotatable bonds is 1. The maximum Gasteiger partial charge on any atom is 0.164 e. The number of pyridine rings is 1. The van der Waals surface area contributed by atoms with Gasteiger partial charge in [-0.25, -0.2) is 9.97 Å². The normalized spacial score (nSPS) is 13.6. The van der Waals surface area contributed by atoms with Gasteiger partial charge in [0.05, 0.1) is 5.69 Å². The van der Waals surface area contributed by atoms with Gasteiger partial charge in [0.1, 0.15) is 24.6 Å². The predicted molar refractivity (Wildman–Crippen MR) is 87.3 cm³/mol. The molecule has 2 aromatic heterocycles. The van der Waals surface area contributed by atoms with Crippen LogP contribution in [-0.2, 0) is 0 Å². The highest BCUT2D eigenvalue weighted by atomic mass is 127. The number of nitrogens with zero attached hydrogens (tertiary/aromatic N) is 3. The van der Waals surface area contributed by atoms with Gasteiger partial charge in [-0.15, -0.1) is 0 Å². The zero-order valence-corrected chi connectivity index (χ0v) is 13.5. The molecule has 1 aromatic carbocycles. The molecule has 0 saturated heterocycles. The van der Waals surface area contributed by atoms with E-state index in [1.54, 1.807) is 0 Å². The lowest BCUT2D eigenvalue weighted by atomic mass is 10.2. The van der Waals surface area contributed by atoms with Gasteiger partial charge >= 0.3 is 0 Å². The van der Waals surface area contributed by atoms with E-state index in [1.165, 1.54) is 0 Å². The minimum Gasteiger partial charge on any atom is -0.486 e. The summed E-state index contributed by atoms with van der Waals surface area (Å²) in [4.78, 5) is 9.10. The second kappa shape index (κ2) is 4.87. The minimum absolute atomic E-state index is 0.580. The molecule has 4 rings (SSSR count). The molecule has 1 aliphatic rings. The van der Waals surface area contributed by atoms with Crippen molar-refractivity contribution in [3.05, 3.63) is 39.9 Å². The SMILES string of the molecule is Cc1nc2cc(I)cnc2n1-c1ccc2c(c1)OCCO2. The van der Waals surface area contributed by atoms with Crippen LogP contribution >= 0.6 is 22.6 Å². The van der Waals surface area contributed by atoms with E-state index in [4.69, 9.17) is 9.47 Å². The van der Waals surface area contributed by atoms with E-state index in [0.29, 0.717) is 13.2 Å². The summed E-state index contributed by atoms with van der Waals surface area (Å²) in [6.45, 7) is 3.15. The smallest absolute Gasteiger partial charge is 0.164 e. The van der Waals surface area contributed by atoms with Crippen LogP contribution in [0.5, 0.6) is 11.5 Å². The van der Waals surface area contributed by atoms with E-state index < -0.39 is 0 Å². The molecule has 1 aliphatic heterocycles. The van der Waals surface area contributed by atoms with Crippen LogP contribution in [0.1, 0.15) is 5.82 Å². The number of hydrogen-bond donors (Lipinski definition) is 0. The first-order valence-electron chi connectivity index (χ1n) is 6.63. The molecule has 0 atom stereocenters. The second-order valence-electron chi connectivity index (χ2n) is 4.82. The Kier molecular flexibility index (Phi) is 2.99. The summed E-state index contributed by atoms with van der Waals surface area (Å²) >= 11 is 2.24. The lowest BCUT2D eigenvalue weighted by Crippen LogP contribution is -2.15. The van der Waals surface area contributed by atoms with Crippen molar-refractivity contribution in [2.45, 2.75) is 6.92 Å². The summed E-state index contributed by atoms with van der Waals surface area (Å²) in [5, 5.41) is 0. The summed E-state index contributed by atoms with van der Waals surface area (Å²) in [7, 11) is 0. The van der Waals surface area contributed by atoms with E-state index in [2.05, 4.69) is 32.6 Å². The van der Waals surface area contributed by atoms with Crippen molar-refractivity contribution in [2.24, 2.45) is 0 Å². The molecule has 0 unspecified atom stereocenters. The summed E-state index contributed by atoms with van der Waals surface area (Å²) < 4.78 is 14.3. The van der Waals surface area contributed by atoms with Crippen molar-refractivity contribution in [1.82, 2.24) is 14.5 Å². The molecule has 0 spiro atoms. The Labute approximate surface area is 135 Å². The highest BCUT2D eigenvalue weighted by Gasteiger charge is 2.16. The van der Waals surface area contributed by atoms with Crippen molar-refractivity contribution in [3.63, 3.8) is 0 Å². The van der Waals surface area contributed by atoms with Crippen molar-refractivity contribution in [1.29, 1.82) is 0 Å². The van der Waals surface area contributed by atoms with Crippen LogP contribution in [0.3, 0.4) is 0 Å². The van der Waals surface area contributed by atoms with Gasteiger partial charge in [0.15, 0.2) is 17.1 Å². The topological polar surface area (TPSA) is 49.2 Å². The highest BCUT2D eigenvalue weighted by molar-refractivity contribution is 14.1. The molecule has 0 aliphatic carbocycles. The van der Waals surface area contributed by atoms with Gasteiger partial charge in [-0.2, -0.15) is 0 Å². The van der Waals surface area contributed by atoms with Crippen LogP contribution in [0.2, 0.25) is 0 Å². The minimum atomic E-state index is 0.580. The number of aromatic nitrogens is 3. The average Bonchev–Trinajstić information content (AvgIpc) is 2.81. The molecule has 0 amide bonds. The standard InChI is InChI=1S/C15H12IN3O2/c1-9-18-12-6-10(16)8-17-15(12)19(9)11-2-3-13-14(7-11)21-5-4-20-13/h2-3,6-8H,4-5H2,1H3. The Morgan fingerprint density at radius 2 is 1.95 bits per heavy atom. The molecule has 5 nitrogen and oxygen atoms in total. The first-order chi connectivity index (χ1) is 10.2. The van der Waals surface area contributed by atoms with Gasteiger partial charge in [0.25, 0.3) is 0 Å². The average molecular weight is 393 g/mol. The summed E-state index contributed by atoms with van der Waals surface area (Å²) in [5.74, 6) is 2.45. The zero-order valence-electron chi connectivity index (χ0n) is 11.3. The third-order valence-electron chi connectivity index (χ3n) is 3.42. The zero-order chi connectivity index (χ0) is 14.4. The Morgan fingerprint density at radius 1 is 1.14 bits per heavy atom. The Balaban J connectivity index is 1.92. The number of fused-ring (bicyclic) bond motifs is 2. The van der Waals surface area contributed by atoms with E-state index in [1.807, 2.05) is 42.0 Å². The maximum atomic E-state index is 5.65. The van der Waals surface area contributed by atoms with Gasteiger partial charge in [0.2, 0.25) is 0 Å². The first-order valence-corrected chi connectivity index (χ1v) is 7.71. The number of benzene rings is 1. The molecule has 21 heavy (non-hydrogen) atoms. The van der Waals surface area contributed by atoms with Crippen molar-refractivity contribution in [3.8, 4) is 17.2 Å². The summed E-state index contributed by atoms with van der Waals surface area (Å²) in [5.41, 5.74) is 2.73. The summed E-state index contributed by atoms with van der Waals surface area (Å²) in [6, 6.07) is 7.94. The van der Waals surface area contributed by atoms with Crippen LogP contribution in [0.25, 0.3) is 16.9 Å². The fraction of sp³-hybridized carbons (Fsp3) is 0.200. The number of aryl methyl sites for hydroxylation is 1. The van der Waals surface area contributed by atoms with Crippen molar-refractivity contribution in [2.75, 3.05) is 13.2 Å². The Hall–Kier alpha value is -1.83. The maximum absolute atomic E-state index is 5.65. The van der Waals surface area contributed by atoms with Gasteiger partial charge in [0, 0.05) is 15.8 Å². The molecule has 0 radical (unpaired) electrons. The second-order valence-corrected chi connectivity index (χ2v) is 6.06. The van der Waals surface area contributed by atoms with Crippen LogP contribution < -0.4 is 9.47 Å². The molecule has 6 heteroatoms. The van der Waals surface area contributed by atoms with E-state index >= 15 is 0 Å².